The van der Waals surface area contributed by atoms with Gasteiger partial charge in [-0.3, -0.25) is 4.79 Å². The number of rotatable bonds is 18. The zero-order valence-electron chi connectivity index (χ0n) is 30.5. The largest absolute Gasteiger partial charge is 0.480 e. The van der Waals surface area contributed by atoms with Crippen molar-refractivity contribution in [1.82, 2.24) is 19.3 Å². The molecule has 3 N–H and O–H groups in total. The number of nitrogens with zero attached hydrogens (tertiary/aromatic N) is 3. The van der Waals surface area contributed by atoms with Gasteiger partial charge in [-0.25, -0.2) is 26.6 Å². The number of carboxylic acids is 1. The quantitative estimate of drug-likeness (QED) is 0.105. The Hall–Kier alpha value is -2.03. The third-order valence-corrected chi connectivity index (χ3v) is 17.4. The predicted molar refractivity (Wildman–Crippen MR) is 224 cm³/mol. The molecule has 5 rings (SSSR count). The number of thiophene rings is 1. The van der Waals surface area contributed by atoms with Crippen molar-refractivity contribution in [2.45, 2.75) is 86.0 Å². The van der Waals surface area contributed by atoms with Crippen molar-refractivity contribution in [1.29, 1.82) is 0 Å². The summed E-state index contributed by atoms with van der Waals surface area (Å²) in [5.41, 5.74) is 0.667. The first kappa shape index (κ1) is 45.1. The Bertz CT molecular complexity index is 2030. The maximum atomic E-state index is 13.2. The van der Waals surface area contributed by atoms with Gasteiger partial charge in [0.05, 0.1) is 4.47 Å². The molecule has 2 aromatic heterocycles. The number of carboxylic acid groups (broad SMARTS) is 1. The van der Waals surface area contributed by atoms with Crippen LogP contribution in [0.4, 0.5) is 10.6 Å². The summed E-state index contributed by atoms with van der Waals surface area (Å²) in [6.45, 7) is 2.81. The molecule has 1 amide bonds. The molecule has 1 unspecified atom stereocenters. The van der Waals surface area contributed by atoms with Gasteiger partial charge in [-0.1, -0.05) is 60.7 Å². The number of nitrogens with one attached hydrogen (secondary N) is 2. The second kappa shape index (κ2) is 20.8. The zero-order valence-corrected chi connectivity index (χ0v) is 37.6. The SMILES string of the molecule is O=C(NCCCCC(NS(=O)(=O)c1cnc(N2CCC(CCCC3CCN(S(=O)(=O)c4cc(Br)c(Cl)s4)CC3)CC2)c(Br)c1)C(=O)O)OCc1ccccc1Cl. The van der Waals surface area contributed by atoms with Crippen molar-refractivity contribution in [3.63, 3.8) is 0 Å². The van der Waals surface area contributed by atoms with E-state index in [4.69, 9.17) is 27.9 Å². The van der Waals surface area contributed by atoms with Crippen molar-refractivity contribution < 1.29 is 36.3 Å². The molecule has 3 aromatic rings. The second-order valence-electron chi connectivity index (χ2n) is 14.0. The maximum Gasteiger partial charge on any atom is 0.407 e. The van der Waals surface area contributed by atoms with Crippen molar-refractivity contribution in [2.24, 2.45) is 11.8 Å². The maximum absolute atomic E-state index is 13.2. The van der Waals surface area contributed by atoms with Crippen LogP contribution in [0.2, 0.25) is 9.36 Å². The molecule has 1 aromatic carbocycles. The Morgan fingerprint density at radius 3 is 2.21 bits per heavy atom. The monoisotopic (exact) mass is 999 g/mol. The molecule has 0 bridgehead atoms. The topological polar surface area (TPSA) is 175 Å². The molecule has 2 aliphatic rings. The van der Waals surface area contributed by atoms with Gasteiger partial charge < -0.3 is 20.1 Å². The number of ether oxygens (including phenoxy) is 1. The number of carbonyl (C=O) groups excluding carboxylic acids is 1. The molecule has 2 aliphatic heterocycles. The van der Waals surface area contributed by atoms with E-state index in [-0.39, 0.29) is 28.7 Å². The highest BCUT2D eigenvalue weighted by Gasteiger charge is 2.32. The highest BCUT2D eigenvalue weighted by atomic mass is 79.9. The minimum Gasteiger partial charge on any atom is -0.480 e. The third kappa shape index (κ3) is 12.5. The van der Waals surface area contributed by atoms with Crippen LogP contribution in [0.5, 0.6) is 0 Å². The number of halogens is 4. The normalized spacial score (nSPS) is 16.8. The van der Waals surface area contributed by atoms with E-state index in [2.05, 4.69) is 51.8 Å². The van der Waals surface area contributed by atoms with Crippen LogP contribution in [0.25, 0.3) is 0 Å². The molecule has 0 radical (unpaired) electrons. The van der Waals surface area contributed by atoms with Crippen LogP contribution in [0, 0.1) is 11.8 Å². The lowest BCUT2D eigenvalue weighted by molar-refractivity contribution is -0.139. The number of unbranched alkanes of at least 4 members (excludes halogenated alkanes) is 1. The minimum atomic E-state index is -4.20. The van der Waals surface area contributed by atoms with Crippen molar-refractivity contribution >= 4 is 104 Å². The minimum absolute atomic E-state index is 0.00736. The van der Waals surface area contributed by atoms with Gasteiger partial charge in [0.2, 0.25) is 10.0 Å². The summed E-state index contributed by atoms with van der Waals surface area (Å²) in [5, 5.41) is 12.8. The van der Waals surface area contributed by atoms with Crippen LogP contribution >= 0.6 is 66.4 Å². The van der Waals surface area contributed by atoms with Gasteiger partial charge in [-0.15, -0.1) is 11.3 Å². The van der Waals surface area contributed by atoms with Gasteiger partial charge in [-0.05, 0) is 107 Å². The number of anilines is 1. The van der Waals surface area contributed by atoms with Crippen LogP contribution in [0.15, 0.2) is 60.6 Å². The van der Waals surface area contributed by atoms with Gasteiger partial charge in [0, 0.05) is 54.0 Å². The molecule has 20 heteroatoms. The highest BCUT2D eigenvalue weighted by molar-refractivity contribution is 9.11. The average molecular weight is 1000 g/mol. The first-order valence-corrected chi connectivity index (χ1v) is 24.5. The van der Waals surface area contributed by atoms with Crippen LogP contribution < -0.4 is 14.9 Å². The van der Waals surface area contributed by atoms with E-state index >= 15 is 0 Å². The van der Waals surface area contributed by atoms with E-state index in [0.29, 0.717) is 67.5 Å². The number of amides is 1. The third-order valence-electron chi connectivity index (χ3n) is 10.1. The number of alkyl carbamates (subject to hydrolysis) is 1. The number of hydrogen-bond donors (Lipinski definition) is 3. The average Bonchev–Trinajstić information content (AvgIpc) is 3.52. The van der Waals surface area contributed by atoms with E-state index in [1.54, 1.807) is 34.6 Å². The zero-order chi connectivity index (χ0) is 40.5. The molecule has 308 valence electrons. The molecule has 0 spiro atoms. The summed E-state index contributed by atoms with van der Waals surface area (Å²) in [7, 11) is -7.74. The van der Waals surface area contributed by atoms with E-state index in [1.807, 2.05) is 0 Å². The van der Waals surface area contributed by atoms with Crippen molar-refractivity contribution in [2.75, 3.05) is 37.6 Å². The van der Waals surface area contributed by atoms with Crippen LogP contribution in [-0.2, 0) is 36.2 Å². The lowest BCUT2D eigenvalue weighted by Gasteiger charge is -2.34. The number of sulfonamides is 2. The summed E-state index contributed by atoms with van der Waals surface area (Å²) in [6, 6.07) is 8.65. The second-order valence-corrected chi connectivity index (χ2v) is 21.6. The lowest BCUT2D eigenvalue weighted by Crippen LogP contribution is -2.41. The summed E-state index contributed by atoms with van der Waals surface area (Å²) < 4.78 is 63.3. The van der Waals surface area contributed by atoms with Crippen molar-refractivity contribution in [3.05, 3.63) is 66.5 Å². The molecule has 13 nitrogen and oxygen atoms in total. The number of benzene rings is 1. The molecular formula is C36H45Br2Cl2N5O8S3. The number of pyridine rings is 1. The van der Waals surface area contributed by atoms with Crippen molar-refractivity contribution in [3.8, 4) is 0 Å². The molecule has 2 saturated heterocycles. The highest BCUT2D eigenvalue weighted by Crippen LogP contribution is 2.38. The van der Waals surface area contributed by atoms with Crippen LogP contribution in [0.3, 0.4) is 0 Å². The van der Waals surface area contributed by atoms with Gasteiger partial charge in [0.15, 0.2) is 0 Å². The Morgan fingerprint density at radius 2 is 1.61 bits per heavy atom. The Kier molecular flexibility index (Phi) is 16.7. The smallest absolute Gasteiger partial charge is 0.407 e. The number of hydrogen-bond acceptors (Lipinski definition) is 10. The molecule has 56 heavy (non-hydrogen) atoms. The Balaban J connectivity index is 0.998. The number of piperidine rings is 2. The molecular weight excluding hydrogens is 957 g/mol. The lowest BCUT2D eigenvalue weighted by atomic mass is 9.87. The fourth-order valence-electron chi connectivity index (χ4n) is 6.90. The first-order valence-electron chi connectivity index (χ1n) is 18.4. The van der Waals surface area contributed by atoms with E-state index < -0.39 is 38.2 Å². The molecule has 0 aliphatic carbocycles. The fourth-order valence-corrected chi connectivity index (χ4v) is 13.0. The Morgan fingerprint density at radius 1 is 0.946 bits per heavy atom. The first-order chi connectivity index (χ1) is 26.6. The fraction of sp³-hybridized carbons (Fsp3) is 0.528. The number of aliphatic carboxylic acids is 1. The summed E-state index contributed by atoms with van der Waals surface area (Å²) in [5.74, 6) is 0.390. The van der Waals surface area contributed by atoms with Gasteiger partial charge >= 0.3 is 12.1 Å². The predicted octanol–water partition coefficient (Wildman–Crippen LogP) is 8.29. The van der Waals surface area contributed by atoms with E-state index in [0.717, 1.165) is 69.4 Å². The van der Waals surface area contributed by atoms with E-state index in [1.165, 1.54) is 12.3 Å². The molecule has 1 atom stereocenters. The van der Waals surface area contributed by atoms with Gasteiger partial charge in [0.1, 0.15) is 31.9 Å². The van der Waals surface area contributed by atoms with Gasteiger partial charge in [-0.2, -0.15) is 9.03 Å². The van der Waals surface area contributed by atoms with E-state index in [9.17, 15) is 31.5 Å². The summed E-state index contributed by atoms with van der Waals surface area (Å²) in [4.78, 5) is 30.4. The van der Waals surface area contributed by atoms with Crippen LogP contribution in [0.1, 0.15) is 69.8 Å². The number of aromatic nitrogens is 1. The van der Waals surface area contributed by atoms with Gasteiger partial charge in [0.25, 0.3) is 10.0 Å². The standard InChI is InChI=1S/C36H45Br2Cl2N5O8S3/c37-28-21-32(54-33(28)40)56(51,52)45-18-13-25(14-19-45)7-5-6-24-11-16-44(17-12-24)34-29(38)20-27(22-42-34)55(49,50)43-31(35(46)47)10-3-4-15-41-36(48)53-23-26-8-1-2-9-30(26)39/h1-2,8-9,20-22,24-25,31,43H,3-7,10-19,23H2,(H,41,48)(H,46,47). The summed E-state index contributed by atoms with van der Waals surface area (Å²) >= 11 is 20.0. The molecule has 2 fully saturated rings. The molecule has 4 heterocycles. The molecule has 0 saturated carbocycles. The van der Waals surface area contributed by atoms with Crippen LogP contribution in [-0.4, -0.2) is 82.1 Å². The summed E-state index contributed by atoms with van der Waals surface area (Å²) in [6.07, 6.45) is 8.27. The number of carbonyl (C=O) groups is 2. The Labute approximate surface area is 359 Å².